The van der Waals surface area contributed by atoms with Crippen LogP contribution >= 0.6 is 0 Å². The monoisotopic (exact) mass is 230 g/mol. The summed E-state index contributed by atoms with van der Waals surface area (Å²) in [6.07, 6.45) is 3.10. The molecule has 0 aliphatic rings. The Kier molecular flexibility index (Phi) is 3.23. The minimum atomic E-state index is -0.0779. The van der Waals surface area contributed by atoms with E-state index in [2.05, 4.69) is 10.2 Å². The predicted molar refractivity (Wildman–Crippen MR) is 64.4 cm³/mol. The van der Waals surface area contributed by atoms with E-state index in [0.29, 0.717) is 23.5 Å². The van der Waals surface area contributed by atoms with Crippen LogP contribution in [0.15, 0.2) is 30.6 Å². The zero-order valence-electron chi connectivity index (χ0n) is 9.86. The minimum Gasteiger partial charge on any atom is -0.493 e. The van der Waals surface area contributed by atoms with E-state index >= 15 is 0 Å². The molecule has 2 aromatic rings. The lowest BCUT2D eigenvalue weighted by Gasteiger charge is -2.09. The van der Waals surface area contributed by atoms with Gasteiger partial charge in [-0.1, -0.05) is 11.6 Å². The minimum absolute atomic E-state index is 0.0779. The third-order valence-corrected chi connectivity index (χ3v) is 2.44. The number of nitrogens with one attached hydrogen (secondary N) is 1. The molecule has 0 aliphatic heterocycles. The van der Waals surface area contributed by atoms with Crippen LogP contribution in [0.2, 0.25) is 0 Å². The van der Waals surface area contributed by atoms with Crippen LogP contribution < -0.4 is 4.74 Å². The number of benzene rings is 1. The van der Waals surface area contributed by atoms with E-state index in [0.717, 1.165) is 5.56 Å². The second-order valence-electron chi connectivity index (χ2n) is 3.75. The third kappa shape index (κ3) is 2.36. The van der Waals surface area contributed by atoms with Crippen LogP contribution in [-0.4, -0.2) is 22.6 Å². The summed E-state index contributed by atoms with van der Waals surface area (Å²) >= 11 is 0. The van der Waals surface area contributed by atoms with E-state index in [-0.39, 0.29) is 5.78 Å². The molecule has 0 spiro atoms. The standard InChI is InChI=1S/C13H14N2O2/c1-3-17-12-5-4-9(2)6-11(12)13(16)10-7-14-15-8-10/h4-8H,3H2,1-2H3,(H,14,15). The summed E-state index contributed by atoms with van der Waals surface area (Å²) < 4.78 is 5.46. The third-order valence-electron chi connectivity index (χ3n) is 2.44. The second kappa shape index (κ2) is 4.82. The Hall–Kier alpha value is -2.10. The number of H-pyrrole nitrogens is 1. The zero-order valence-corrected chi connectivity index (χ0v) is 9.86. The molecule has 0 bridgehead atoms. The number of aryl methyl sites for hydroxylation is 1. The molecular formula is C13H14N2O2. The van der Waals surface area contributed by atoms with E-state index in [9.17, 15) is 4.79 Å². The molecule has 4 nitrogen and oxygen atoms in total. The zero-order chi connectivity index (χ0) is 12.3. The van der Waals surface area contributed by atoms with Gasteiger partial charge in [-0.05, 0) is 26.0 Å². The maximum absolute atomic E-state index is 12.2. The van der Waals surface area contributed by atoms with Crippen molar-refractivity contribution in [2.75, 3.05) is 6.61 Å². The highest BCUT2D eigenvalue weighted by molar-refractivity contribution is 6.10. The number of ether oxygens (including phenoxy) is 1. The maximum atomic E-state index is 12.2. The molecule has 4 heteroatoms. The van der Waals surface area contributed by atoms with Crippen molar-refractivity contribution in [3.8, 4) is 5.75 Å². The SMILES string of the molecule is CCOc1ccc(C)cc1C(=O)c1cn[nH]c1. The van der Waals surface area contributed by atoms with Gasteiger partial charge in [-0.2, -0.15) is 5.10 Å². The maximum Gasteiger partial charge on any atom is 0.199 e. The number of rotatable bonds is 4. The molecule has 1 N–H and O–H groups in total. The quantitative estimate of drug-likeness (QED) is 0.820. The summed E-state index contributed by atoms with van der Waals surface area (Å²) in [5, 5.41) is 6.42. The number of hydrogen-bond acceptors (Lipinski definition) is 3. The average Bonchev–Trinajstić information content (AvgIpc) is 2.84. The first-order chi connectivity index (χ1) is 8.22. The van der Waals surface area contributed by atoms with Crippen molar-refractivity contribution >= 4 is 5.78 Å². The van der Waals surface area contributed by atoms with E-state index in [1.807, 2.05) is 32.0 Å². The predicted octanol–water partition coefficient (Wildman–Crippen LogP) is 2.35. The van der Waals surface area contributed by atoms with Crippen LogP contribution in [0.3, 0.4) is 0 Å². The number of nitrogens with zero attached hydrogens (tertiary/aromatic N) is 1. The van der Waals surface area contributed by atoms with Gasteiger partial charge in [-0.15, -0.1) is 0 Å². The first-order valence-electron chi connectivity index (χ1n) is 5.49. The second-order valence-corrected chi connectivity index (χ2v) is 3.75. The number of ketones is 1. The summed E-state index contributed by atoms with van der Waals surface area (Å²) in [6.45, 7) is 4.38. The molecule has 0 amide bonds. The normalized spacial score (nSPS) is 10.2. The Bertz CT molecular complexity index is 518. The van der Waals surface area contributed by atoms with Crippen LogP contribution in [0.5, 0.6) is 5.75 Å². The highest BCUT2D eigenvalue weighted by atomic mass is 16.5. The molecule has 0 atom stereocenters. The van der Waals surface area contributed by atoms with Gasteiger partial charge in [0.2, 0.25) is 0 Å². The van der Waals surface area contributed by atoms with Crippen molar-refractivity contribution in [1.29, 1.82) is 0 Å². The fraction of sp³-hybridized carbons (Fsp3) is 0.231. The van der Waals surface area contributed by atoms with Gasteiger partial charge in [-0.25, -0.2) is 0 Å². The van der Waals surface area contributed by atoms with Gasteiger partial charge in [-0.3, -0.25) is 9.89 Å². The van der Waals surface area contributed by atoms with Crippen LogP contribution in [0, 0.1) is 6.92 Å². The molecule has 1 heterocycles. The van der Waals surface area contributed by atoms with E-state index in [1.54, 1.807) is 6.20 Å². The van der Waals surface area contributed by atoms with Crippen molar-refractivity contribution in [3.63, 3.8) is 0 Å². The smallest absolute Gasteiger partial charge is 0.199 e. The lowest BCUT2D eigenvalue weighted by molar-refractivity contribution is 0.103. The van der Waals surface area contributed by atoms with Gasteiger partial charge in [0.15, 0.2) is 5.78 Å². The van der Waals surface area contributed by atoms with E-state index in [1.165, 1.54) is 6.20 Å². The molecule has 0 fully saturated rings. The number of aromatic amines is 1. The average molecular weight is 230 g/mol. The lowest BCUT2D eigenvalue weighted by Crippen LogP contribution is -2.05. The van der Waals surface area contributed by atoms with Crippen LogP contribution in [-0.2, 0) is 0 Å². The van der Waals surface area contributed by atoms with Crippen LogP contribution in [0.1, 0.15) is 28.4 Å². The summed E-state index contributed by atoms with van der Waals surface area (Å²) in [5.41, 5.74) is 2.14. The Morgan fingerprint density at radius 2 is 2.29 bits per heavy atom. The van der Waals surface area contributed by atoms with Gasteiger partial charge < -0.3 is 4.74 Å². The van der Waals surface area contributed by atoms with E-state index in [4.69, 9.17) is 4.74 Å². The number of carbonyl (C=O) groups excluding carboxylic acids is 1. The summed E-state index contributed by atoms with van der Waals surface area (Å²) in [5.74, 6) is 0.537. The van der Waals surface area contributed by atoms with Gasteiger partial charge in [0.1, 0.15) is 5.75 Å². The van der Waals surface area contributed by atoms with Crippen molar-refractivity contribution in [2.45, 2.75) is 13.8 Å². The highest BCUT2D eigenvalue weighted by Gasteiger charge is 2.15. The lowest BCUT2D eigenvalue weighted by atomic mass is 10.0. The topological polar surface area (TPSA) is 55.0 Å². The highest BCUT2D eigenvalue weighted by Crippen LogP contribution is 2.22. The van der Waals surface area contributed by atoms with Crippen molar-refractivity contribution < 1.29 is 9.53 Å². The summed E-state index contributed by atoms with van der Waals surface area (Å²) in [7, 11) is 0. The molecule has 2 rings (SSSR count). The first kappa shape index (κ1) is 11.4. The van der Waals surface area contributed by atoms with E-state index < -0.39 is 0 Å². The molecule has 0 saturated carbocycles. The molecule has 17 heavy (non-hydrogen) atoms. The molecule has 0 radical (unpaired) electrons. The Morgan fingerprint density at radius 3 is 2.94 bits per heavy atom. The Balaban J connectivity index is 2.42. The van der Waals surface area contributed by atoms with Gasteiger partial charge in [0.05, 0.1) is 23.9 Å². The van der Waals surface area contributed by atoms with Gasteiger partial charge in [0, 0.05) is 6.20 Å². The molecule has 0 unspecified atom stereocenters. The summed E-state index contributed by atoms with van der Waals surface area (Å²) in [6, 6.07) is 5.59. The fourth-order valence-corrected chi connectivity index (χ4v) is 1.63. The van der Waals surface area contributed by atoms with Crippen LogP contribution in [0.4, 0.5) is 0 Å². The van der Waals surface area contributed by atoms with Crippen LogP contribution in [0.25, 0.3) is 0 Å². The number of carbonyl (C=O) groups is 1. The van der Waals surface area contributed by atoms with Crippen molar-refractivity contribution in [1.82, 2.24) is 10.2 Å². The van der Waals surface area contributed by atoms with Gasteiger partial charge >= 0.3 is 0 Å². The molecule has 1 aromatic carbocycles. The van der Waals surface area contributed by atoms with Crippen molar-refractivity contribution in [3.05, 3.63) is 47.3 Å². The largest absolute Gasteiger partial charge is 0.493 e. The Morgan fingerprint density at radius 1 is 1.47 bits per heavy atom. The number of hydrogen-bond donors (Lipinski definition) is 1. The Labute approximate surface area is 99.6 Å². The van der Waals surface area contributed by atoms with Crippen molar-refractivity contribution in [2.24, 2.45) is 0 Å². The molecule has 1 aromatic heterocycles. The van der Waals surface area contributed by atoms with Gasteiger partial charge in [0.25, 0.3) is 0 Å². The molecular weight excluding hydrogens is 216 g/mol. The molecule has 88 valence electrons. The molecule has 0 aliphatic carbocycles. The fourth-order valence-electron chi connectivity index (χ4n) is 1.63. The number of aromatic nitrogens is 2. The molecule has 0 saturated heterocycles. The first-order valence-corrected chi connectivity index (χ1v) is 5.49. The summed E-state index contributed by atoms with van der Waals surface area (Å²) in [4.78, 5) is 12.2.